The largest absolute Gasteiger partial charge is 0.481 e. The van der Waals surface area contributed by atoms with Crippen molar-refractivity contribution in [2.24, 2.45) is 11.7 Å². The van der Waals surface area contributed by atoms with Crippen LogP contribution in [0.4, 0.5) is 0 Å². The molecule has 29 heavy (non-hydrogen) atoms. The molecule has 0 bridgehead atoms. The Labute approximate surface area is 169 Å². The molecule has 4 unspecified atom stereocenters. The second-order valence-electron chi connectivity index (χ2n) is 7.21. The van der Waals surface area contributed by atoms with Crippen molar-refractivity contribution in [3.05, 3.63) is 0 Å². The van der Waals surface area contributed by atoms with Crippen LogP contribution < -0.4 is 16.4 Å². The molecule has 4 atom stereocenters. The zero-order valence-electron chi connectivity index (χ0n) is 16.7. The molecule has 0 aliphatic carbocycles. The van der Waals surface area contributed by atoms with Crippen molar-refractivity contribution < 1.29 is 34.2 Å². The predicted octanol–water partition coefficient (Wildman–Crippen LogP) is -1.10. The first-order valence-electron chi connectivity index (χ1n) is 9.66. The van der Waals surface area contributed by atoms with Crippen molar-refractivity contribution in [3.8, 4) is 0 Å². The van der Waals surface area contributed by atoms with E-state index in [2.05, 4.69) is 10.6 Å². The van der Waals surface area contributed by atoms with Crippen LogP contribution in [0.25, 0.3) is 0 Å². The number of carbonyl (C=O) groups is 5. The maximum Gasteiger partial charge on any atom is 0.326 e. The van der Waals surface area contributed by atoms with Gasteiger partial charge in [0.25, 0.3) is 0 Å². The van der Waals surface area contributed by atoms with E-state index in [1.165, 1.54) is 4.90 Å². The first-order chi connectivity index (χ1) is 13.6. The molecular formula is C18H30N4O7. The van der Waals surface area contributed by atoms with E-state index in [1.807, 2.05) is 6.92 Å². The average molecular weight is 414 g/mol. The summed E-state index contributed by atoms with van der Waals surface area (Å²) in [6.07, 6.45) is 1.02. The molecule has 0 aromatic heterocycles. The van der Waals surface area contributed by atoms with Gasteiger partial charge in [-0.25, -0.2) is 4.79 Å². The Balaban J connectivity index is 2.71. The van der Waals surface area contributed by atoms with Crippen molar-refractivity contribution in [1.29, 1.82) is 0 Å². The van der Waals surface area contributed by atoms with E-state index < -0.39 is 54.3 Å². The minimum absolute atomic E-state index is 0.136. The molecule has 3 amide bonds. The fraction of sp³-hybridized carbons (Fsp3) is 0.722. The van der Waals surface area contributed by atoms with E-state index in [0.29, 0.717) is 19.3 Å². The molecule has 1 fully saturated rings. The zero-order chi connectivity index (χ0) is 22.1. The summed E-state index contributed by atoms with van der Waals surface area (Å²) in [4.78, 5) is 60.2. The molecule has 11 nitrogen and oxygen atoms in total. The van der Waals surface area contributed by atoms with Gasteiger partial charge in [-0.1, -0.05) is 20.3 Å². The normalized spacial score (nSPS) is 19.1. The van der Waals surface area contributed by atoms with Crippen LogP contribution in [0.3, 0.4) is 0 Å². The van der Waals surface area contributed by atoms with Crippen LogP contribution in [0.1, 0.15) is 46.0 Å². The Morgan fingerprint density at radius 1 is 1.17 bits per heavy atom. The van der Waals surface area contributed by atoms with E-state index in [1.54, 1.807) is 6.92 Å². The lowest BCUT2D eigenvalue weighted by atomic mass is 9.98. The summed E-state index contributed by atoms with van der Waals surface area (Å²) in [6.45, 7) is 3.49. The molecule has 1 rings (SSSR count). The first-order valence-corrected chi connectivity index (χ1v) is 9.66. The van der Waals surface area contributed by atoms with Gasteiger partial charge >= 0.3 is 11.9 Å². The van der Waals surface area contributed by atoms with Crippen LogP contribution in [0, 0.1) is 5.92 Å². The Morgan fingerprint density at radius 2 is 1.83 bits per heavy atom. The number of amides is 3. The summed E-state index contributed by atoms with van der Waals surface area (Å²) >= 11 is 0. The van der Waals surface area contributed by atoms with Gasteiger partial charge in [-0.15, -0.1) is 0 Å². The number of hydrogen-bond donors (Lipinski definition) is 5. The highest BCUT2D eigenvalue weighted by molar-refractivity contribution is 5.93. The van der Waals surface area contributed by atoms with Gasteiger partial charge in [0.15, 0.2) is 0 Å². The smallest absolute Gasteiger partial charge is 0.326 e. The molecule has 0 spiro atoms. The SMILES string of the molecule is CCC(C)C(N)C(=O)NC(CCC(=O)O)C(=O)NCC(=O)N1CCCC1C(=O)O. The number of carbonyl (C=O) groups excluding carboxylic acids is 3. The highest BCUT2D eigenvalue weighted by Gasteiger charge is 2.34. The van der Waals surface area contributed by atoms with Crippen LogP contribution in [0.15, 0.2) is 0 Å². The molecule has 0 radical (unpaired) electrons. The van der Waals surface area contributed by atoms with E-state index in [4.69, 9.17) is 15.9 Å². The van der Waals surface area contributed by atoms with E-state index in [9.17, 15) is 24.0 Å². The summed E-state index contributed by atoms with van der Waals surface area (Å²) in [5.41, 5.74) is 5.85. The Hall–Kier alpha value is -2.69. The number of hydrogen-bond acceptors (Lipinski definition) is 6. The number of carboxylic acid groups (broad SMARTS) is 2. The van der Waals surface area contributed by atoms with Crippen LogP contribution >= 0.6 is 0 Å². The Kier molecular flexibility index (Phi) is 9.53. The van der Waals surface area contributed by atoms with Gasteiger partial charge in [0.05, 0.1) is 12.6 Å². The highest BCUT2D eigenvalue weighted by Crippen LogP contribution is 2.17. The Morgan fingerprint density at radius 3 is 2.38 bits per heavy atom. The van der Waals surface area contributed by atoms with E-state index >= 15 is 0 Å². The second-order valence-corrected chi connectivity index (χ2v) is 7.21. The van der Waals surface area contributed by atoms with E-state index in [0.717, 1.165) is 0 Å². The number of nitrogens with one attached hydrogen (secondary N) is 2. The average Bonchev–Trinajstić information content (AvgIpc) is 3.17. The van der Waals surface area contributed by atoms with Gasteiger partial charge in [0.2, 0.25) is 17.7 Å². The van der Waals surface area contributed by atoms with Crippen molar-refractivity contribution in [2.75, 3.05) is 13.1 Å². The number of nitrogens with zero attached hydrogens (tertiary/aromatic N) is 1. The number of rotatable bonds is 11. The summed E-state index contributed by atoms with van der Waals surface area (Å²) in [6, 6.07) is -2.95. The lowest BCUT2D eigenvalue weighted by molar-refractivity contribution is -0.148. The summed E-state index contributed by atoms with van der Waals surface area (Å²) in [5.74, 6) is -4.24. The summed E-state index contributed by atoms with van der Waals surface area (Å²) in [7, 11) is 0. The van der Waals surface area contributed by atoms with Gasteiger partial charge in [-0.05, 0) is 25.2 Å². The van der Waals surface area contributed by atoms with Gasteiger partial charge in [-0.2, -0.15) is 0 Å². The fourth-order valence-electron chi connectivity index (χ4n) is 3.03. The minimum Gasteiger partial charge on any atom is -0.481 e. The number of likely N-dealkylation sites (tertiary alicyclic amines) is 1. The number of nitrogens with two attached hydrogens (primary N) is 1. The molecule has 0 saturated carbocycles. The molecule has 1 aliphatic heterocycles. The van der Waals surface area contributed by atoms with Crippen molar-refractivity contribution in [2.45, 2.75) is 64.1 Å². The third kappa shape index (κ3) is 7.33. The molecule has 1 aliphatic rings. The van der Waals surface area contributed by atoms with Gasteiger partial charge < -0.3 is 31.5 Å². The van der Waals surface area contributed by atoms with Gasteiger partial charge in [0, 0.05) is 13.0 Å². The first kappa shape index (κ1) is 24.3. The van der Waals surface area contributed by atoms with Crippen molar-refractivity contribution in [1.82, 2.24) is 15.5 Å². The molecule has 11 heteroatoms. The molecule has 0 aromatic carbocycles. The Bertz CT molecular complexity index is 640. The monoisotopic (exact) mass is 414 g/mol. The summed E-state index contributed by atoms with van der Waals surface area (Å²) < 4.78 is 0. The number of aliphatic carboxylic acids is 2. The van der Waals surface area contributed by atoms with Crippen LogP contribution in [0.2, 0.25) is 0 Å². The molecule has 0 aromatic rings. The third-order valence-electron chi connectivity index (χ3n) is 5.11. The second kappa shape index (κ2) is 11.3. The fourth-order valence-corrected chi connectivity index (χ4v) is 3.03. The van der Waals surface area contributed by atoms with Crippen LogP contribution in [0.5, 0.6) is 0 Å². The van der Waals surface area contributed by atoms with E-state index in [-0.39, 0.29) is 25.3 Å². The molecular weight excluding hydrogens is 384 g/mol. The molecule has 164 valence electrons. The maximum atomic E-state index is 12.4. The zero-order valence-corrected chi connectivity index (χ0v) is 16.7. The standard InChI is InChI=1S/C18H30N4O7/c1-3-10(2)15(19)17(27)21-11(6-7-14(24)25)16(26)20-9-13(23)22-8-4-5-12(22)18(28)29/h10-12,15H,3-9,19H2,1-2H3,(H,20,26)(H,21,27)(H,24,25)(H,28,29). The molecule has 1 heterocycles. The maximum absolute atomic E-state index is 12.4. The van der Waals surface area contributed by atoms with Gasteiger partial charge in [-0.3, -0.25) is 19.2 Å². The topological polar surface area (TPSA) is 179 Å². The molecule has 1 saturated heterocycles. The predicted molar refractivity (Wildman–Crippen MR) is 102 cm³/mol. The quantitative estimate of drug-likeness (QED) is 0.283. The number of carboxylic acids is 2. The lowest BCUT2D eigenvalue weighted by Gasteiger charge is -2.24. The van der Waals surface area contributed by atoms with Crippen LogP contribution in [-0.2, 0) is 24.0 Å². The van der Waals surface area contributed by atoms with Crippen molar-refractivity contribution >= 4 is 29.7 Å². The lowest BCUT2D eigenvalue weighted by Crippen LogP contribution is -2.54. The molecule has 6 N–H and O–H groups in total. The van der Waals surface area contributed by atoms with Crippen molar-refractivity contribution in [3.63, 3.8) is 0 Å². The summed E-state index contributed by atoms with van der Waals surface area (Å²) in [5, 5.41) is 22.8. The third-order valence-corrected chi connectivity index (χ3v) is 5.11. The van der Waals surface area contributed by atoms with Crippen LogP contribution in [-0.4, -0.2) is 76.0 Å². The van der Waals surface area contributed by atoms with Gasteiger partial charge in [0.1, 0.15) is 12.1 Å². The highest BCUT2D eigenvalue weighted by atomic mass is 16.4. The minimum atomic E-state index is -1.17.